The quantitative estimate of drug-likeness (QED) is 0.384. The highest BCUT2D eigenvalue weighted by Gasteiger charge is 2.07. The number of ether oxygens (including phenoxy) is 1. The maximum Gasteiger partial charge on any atom is 0.327 e. The van der Waals surface area contributed by atoms with Gasteiger partial charge in [-0.05, 0) is 6.42 Å². The van der Waals surface area contributed by atoms with Crippen molar-refractivity contribution in [3.8, 4) is 0 Å². The number of esters is 2. The zero-order valence-electron chi connectivity index (χ0n) is 8.75. The van der Waals surface area contributed by atoms with E-state index >= 15 is 0 Å². The number of carbonyl (C=O) groups excluding carboxylic acids is 2. The van der Waals surface area contributed by atoms with Crippen molar-refractivity contribution >= 4 is 11.9 Å². The van der Waals surface area contributed by atoms with Crippen molar-refractivity contribution < 1.29 is 14.3 Å². The molecule has 0 rings (SSSR count). The van der Waals surface area contributed by atoms with Gasteiger partial charge in [0.1, 0.15) is 0 Å². The zero-order chi connectivity index (χ0) is 10.8. The molecule has 0 unspecified atom stereocenters. The zero-order valence-corrected chi connectivity index (χ0v) is 8.75. The lowest BCUT2D eigenvalue weighted by molar-refractivity contribution is -0.158. The second-order valence-electron chi connectivity index (χ2n) is 3.21. The predicted molar refractivity (Wildman–Crippen MR) is 53.5 cm³/mol. The molecule has 0 radical (unpaired) electrons. The van der Waals surface area contributed by atoms with Crippen LogP contribution in [0.3, 0.4) is 0 Å². The number of rotatable bonds is 7. The number of hydrogen-bond donors (Lipinski definition) is 1. The minimum Gasteiger partial charge on any atom is -0.392 e. The maximum absolute atomic E-state index is 10.9. The molecule has 0 aromatic rings. The number of carbonyl (C=O) groups is 2. The monoisotopic (exact) mass is 201 g/mol. The standard InChI is InChI=1S/C10H19NO3/c1-2-3-4-5-6-7-9(12)14-10(13)8-11/h2-8,11H2,1H3. The lowest BCUT2D eigenvalue weighted by Gasteiger charge is -2.01. The third-order valence-electron chi connectivity index (χ3n) is 1.88. The third-order valence-corrected chi connectivity index (χ3v) is 1.88. The fourth-order valence-electron chi connectivity index (χ4n) is 1.09. The molecule has 2 N–H and O–H groups in total. The van der Waals surface area contributed by atoms with E-state index in [1.807, 2.05) is 0 Å². The van der Waals surface area contributed by atoms with Crippen molar-refractivity contribution in [3.63, 3.8) is 0 Å². The first-order valence-corrected chi connectivity index (χ1v) is 5.14. The van der Waals surface area contributed by atoms with Gasteiger partial charge >= 0.3 is 11.9 Å². The summed E-state index contributed by atoms with van der Waals surface area (Å²) in [6.07, 6.45) is 5.62. The molecule has 0 saturated heterocycles. The largest absolute Gasteiger partial charge is 0.392 e. The van der Waals surface area contributed by atoms with Crippen molar-refractivity contribution in [2.24, 2.45) is 5.73 Å². The predicted octanol–water partition coefficient (Wildman–Crippen LogP) is 1.38. The summed E-state index contributed by atoms with van der Waals surface area (Å²) in [4.78, 5) is 21.5. The number of nitrogens with two attached hydrogens (primary N) is 1. The molecule has 0 amide bonds. The summed E-state index contributed by atoms with van der Waals surface area (Å²) in [6.45, 7) is 1.90. The SMILES string of the molecule is CCCCCCCC(=O)OC(=O)CN. The summed E-state index contributed by atoms with van der Waals surface area (Å²) in [5.74, 6) is -1.11. The summed E-state index contributed by atoms with van der Waals surface area (Å²) >= 11 is 0. The normalized spacial score (nSPS) is 9.86. The fourth-order valence-corrected chi connectivity index (χ4v) is 1.09. The molecular formula is C10H19NO3. The van der Waals surface area contributed by atoms with Crippen LogP contribution in [0.2, 0.25) is 0 Å². The van der Waals surface area contributed by atoms with Crippen LogP contribution in [0.1, 0.15) is 45.4 Å². The Hall–Kier alpha value is -0.900. The van der Waals surface area contributed by atoms with E-state index in [-0.39, 0.29) is 6.54 Å². The molecular weight excluding hydrogens is 182 g/mol. The van der Waals surface area contributed by atoms with Crippen LogP contribution in [0.4, 0.5) is 0 Å². The second-order valence-corrected chi connectivity index (χ2v) is 3.21. The summed E-state index contributed by atoms with van der Waals surface area (Å²) < 4.78 is 4.40. The van der Waals surface area contributed by atoms with Gasteiger partial charge in [0.15, 0.2) is 0 Å². The average molecular weight is 201 g/mol. The fraction of sp³-hybridized carbons (Fsp3) is 0.800. The van der Waals surface area contributed by atoms with E-state index in [1.165, 1.54) is 12.8 Å². The Morgan fingerprint density at radius 1 is 1.07 bits per heavy atom. The molecule has 4 heteroatoms. The molecule has 0 aromatic heterocycles. The molecule has 0 bridgehead atoms. The molecule has 0 heterocycles. The molecule has 0 aliphatic heterocycles. The van der Waals surface area contributed by atoms with Crippen LogP contribution < -0.4 is 5.73 Å². The lowest BCUT2D eigenvalue weighted by Crippen LogP contribution is -2.20. The first-order chi connectivity index (χ1) is 6.70. The molecule has 14 heavy (non-hydrogen) atoms. The summed E-state index contributed by atoms with van der Waals surface area (Å²) in [5, 5.41) is 0. The van der Waals surface area contributed by atoms with Gasteiger partial charge in [0.25, 0.3) is 0 Å². The van der Waals surface area contributed by atoms with E-state index in [9.17, 15) is 9.59 Å². The van der Waals surface area contributed by atoms with Gasteiger partial charge in [-0.25, -0.2) is 0 Å². The Bertz CT molecular complexity index is 180. The molecule has 0 aromatic carbocycles. The van der Waals surface area contributed by atoms with Gasteiger partial charge in [0, 0.05) is 6.42 Å². The Labute approximate surface area is 84.8 Å². The Morgan fingerprint density at radius 2 is 1.71 bits per heavy atom. The lowest BCUT2D eigenvalue weighted by atomic mass is 10.1. The van der Waals surface area contributed by atoms with Gasteiger partial charge in [-0.1, -0.05) is 32.6 Å². The molecule has 82 valence electrons. The van der Waals surface area contributed by atoms with E-state index in [4.69, 9.17) is 5.73 Å². The topological polar surface area (TPSA) is 69.4 Å². The van der Waals surface area contributed by atoms with Gasteiger partial charge in [-0.15, -0.1) is 0 Å². The third kappa shape index (κ3) is 7.73. The van der Waals surface area contributed by atoms with Crippen LogP contribution in [0.15, 0.2) is 0 Å². The van der Waals surface area contributed by atoms with Gasteiger partial charge in [-0.2, -0.15) is 0 Å². The highest BCUT2D eigenvalue weighted by atomic mass is 16.6. The first kappa shape index (κ1) is 13.1. The summed E-state index contributed by atoms with van der Waals surface area (Å²) in [7, 11) is 0. The Kier molecular flexibility index (Phi) is 8.13. The minimum atomic E-state index is -0.649. The van der Waals surface area contributed by atoms with Crippen molar-refractivity contribution in [2.75, 3.05) is 6.54 Å². The summed E-state index contributed by atoms with van der Waals surface area (Å²) in [5.41, 5.74) is 4.99. The van der Waals surface area contributed by atoms with Crippen molar-refractivity contribution in [3.05, 3.63) is 0 Å². The molecule has 4 nitrogen and oxygen atoms in total. The van der Waals surface area contributed by atoms with Gasteiger partial charge in [0.2, 0.25) is 0 Å². The van der Waals surface area contributed by atoms with E-state index in [0.717, 1.165) is 19.3 Å². The molecule has 0 aliphatic rings. The van der Waals surface area contributed by atoms with Crippen LogP contribution in [-0.4, -0.2) is 18.5 Å². The average Bonchev–Trinajstić information content (AvgIpc) is 2.17. The van der Waals surface area contributed by atoms with Crippen LogP contribution >= 0.6 is 0 Å². The van der Waals surface area contributed by atoms with Gasteiger partial charge in [-0.3, -0.25) is 9.59 Å². The van der Waals surface area contributed by atoms with Crippen LogP contribution in [-0.2, 0) is 14.3 Å². The van der Waals surface area contributed by atoms with Crippen molar-refractivity contribution in [1.29, 1.82) is 0 Å². The smallest absolute Gasteiger partial charge is 0.327 e. The second kappa shape index (κ2) is 8.69. The first-order valence-electron chi connectivity index (χ1n) is 5.14. The molecule has 0 atom stereocenters. The molecule has 0 fully saturated rings. The van der Waals surface area contributed by atoms with E-state index < -0.39 is 11.9 Å². The highest BCUT2D eigenvalue weighted by Crippen LogP contribution is 2.05. The molecule has 0 spiro atoms. The van der Waals surface area contributed by atoms with Crippen LogP contribution in [0.5, 0.6) is 0 Å². The van der Waals surface area contributed by atoms with Gasteiger partial charge < -0.3 is 10.5 Å². The number of unbranched alkanes of at least 4 members (excludes halogenated alkanes) is 4. The van der Waals surface area contributed by atoms with E-state index in [0.29, 0.717) is 6.42 Å². The van der Waals surface area contributed by atoms with Gasteiger partial charge in [0.05, 0.1) is 6.54 Å². The molecule has 0 saturated carbocycles. The summed E-state index contributed by atoms with van der Waals surface area (Å²) in [6, 6.07) is 0. The Balaban J connectivity index is 3.31. The minimum absolute atomic E-state index is 0.235. The van der Waals surface area contributed by atoms with Crippen LogP contribution in [0.25, 0.3) is 0 Å². The number of hydrogen-bond acceptors (Lipinski definition) is 4. The Morgan fingerprint density at radius 3 is 2.29 bits per heavy atom. The van der Waals surface area contributed by atoms with E-state index in [2.05, 4.69) is 11.7 Å². The van der Waals surface area contributed by atoms with Crippen molar-refractivity contribution in [2.45, 2.75) is 45.4 Å². The van der Waals surface area contributed by atoms with E-state index in [1.54, 1.807) is 0 Å². The maximum atomic E-state index is 10.9. The van der Waals surface area contributed by atoms with Crippen LogP contribution in [0, 0.1) is 0 Å². The molecule has 0 aliphatic carbocycles. The van der Waals surface area contributed by atoms with Crippen molar-refractivity contribution in [1.82, 2.24) is 0 Å². The highest BCUT2D eigenvalue weighted by molar-refractivity contribution is 5.86.